The van der Waals surface area contributed by atoms with Gasteiger partial charge in [0.25, 0.3) is 0 Å². The third kappa shape index (κ3) is 3.24. The fourth-order valence-electron chi connectivity index (χ4n) is 2.35. The predicted molar refractivity (Wildman–Crippen MR) is 71.4 cm³/mol. The number of nitriles is 1. The number of nitrogens with zero attached hydrogens (tertiary/aromatic N) is 2. The fourth-order valence-corrected chi connectivity index (χ4v) is 2.35. The van der Waals surface area contributed by atoms with E-state index in [1.54, 1.807) is 12.1 Å². The molecule has 0 amide bonds. The van der Waals surface area contributed by atoms with Crippen LogP contribution in [0.25, 0.3) is 0 Å². The fraction of sp³-hybridized carbons (Fsp3) is 0.533. The van der Waals surface area contributed by atoms with E-state index in [4.69, 9.17) is 10.00 Å². The zero-order chi connectivity index (χ0) is 13.0. The van der Waals surface area contributed by atoms with E-state index in [1.807, 2.05) is 12.1 Å². The maximum Gasteiger partial charge on any atom is 0.119 e. The molecule has 0 bridgehead atoms. The number of benzene rings is 1. The molecule has 1 aromatic carbocycles. The molecule has 2 atom stereocenters. The molecule has 0 aromatic heterocycles. The second kappa shape index (κ2) is 5.88. The number of hydrogen-bond donors (Lipinski definition) is 0. The molecular formula is C15H20N2O. The van der Waals surface area contributed by atoms with Crippen LogP contribution in [0, 0.1) is 23.2 Å². The van der Waals surface area contributed by atoms with Crippen LogP contribution in [0.4, 0.5) is 0 Å². The molecule has 1 aliphatic rings. The van der Waals surface area contributed by atoms with Crippen LogP contribution in [0.5, 0.6) is 5.75 Å². The van der Waals surface area contributed by atoms with Crippen molar-refractivity contribution in [2.75, 3.05) is 26.2 Å². The summed E-state index contributed by atoms with van der Waals surface area (Å²) in [6.45, 7) is 8.67. The van der Waals surface area contributed by atoms with E-state index in [0.29, 0.717) is 12.2 Å². The van der Waals surface area contributed by atoms with Crippen LogP contribution in [-0.2, 0) is 0 Å². The van der Waals surface area contributed by atoms with Crippen molar-refractivity contribution in [3.05, 3.63) is 29.8 Å². The lowest BCUT2D eigenvalue weighted by molar-refractivity contribution is 0.232. The Hall–Kier alpha value is -1.53. The van der Waals surface area contributed by atoms with E-state index in [2.05, 4.69) is 24.8 Å². The van der Waals surface area contributed by atoms with E-state index in [0.717, 1.165) is 24.1 Å². The molecule has 1 fully saturated rings. The van der Waals surface area contributed by atoms with Crippen molar-refractivity contribution in [2.24, 2.45) is 11.8 Å². The highest BCUT2D eigenvalue weighted by Crippen LogP contribution is 2.21. The zero-order valence-electron chi connectivity index (χ0n) is 11.1. The Balaban J connectivity index is 1.74. The highest BCUT2D eigenvalue weighted by molar-refractivity contribution is 5.34. The minimum absolute atomic E-state index is 0.671. The Morgan fingerprint density at radius 1 is 1.22 bits per heavy atom. The van der Waals surface area contributed by atoms with Gasteiger partial charge in [-0.1, -0.05) is 13.8 Å². The quantitative estimate of drug-likeness (QED) is 0.816. The van der Waals surface area contributed by atoms with E-state index < -0.39 is 0 Å². The molecule has 1 heterocycles. The third-order valence-corrected chi connectivity index (χ3v) is 3.72. The largest absolute Gasteiger partial charge is 0.492 e. The monoisotopic (exact) mass is 244 g/mol. The lowest BCUT2D eigenvalue weighted by atomic mass is 10.0. The van der Waals surface area contributed by atoms with Gasteiger partial charge in [0.15, 0.2) is 0 Å². The average molecular weight is 244 g/mol. The summed E-state index contributed by atoms with van der Waals surface area (Å²) in [6, 6.07) is 9.38. The van der Waals surface area contributed by atoms with Crippen LogP contribution in [0.15, 0.2) is 24.3 Å². The lowest BCUT2D eigenvalue weighted by Crippen LogP contribution is -2.26. The maximum absolute atomic E-state index is 8.70. The molecule has 0 aliphatic carbocycles. The zero-order valence-corrected chi connectivity index (χ0v) is 11.1. The molecule has 96 valence electrons. The van der Waals surface area contributed by atoms with Crippen molar-refractivity contribution in [3.63, 3.8) is 0 Å². The minimum atomic E-state index is 0.671. The molecule has 0 radical (unpaired) electrons. The molecule has 18 heavy (non-hydrogen) atoms. The summed E-state index contributed by atoms with van der Waals surface area (Å²) in [5.74, 6) is 2.43. The number of hydrogen-bond acceptors (Lipinski definition) is 3. The van der Waals surface area contributed by atoms with E-state index in [1.165, 1.54) is 13.1 Å². The molecule has 1 aliphatic heterocycles. The van der Waals surface area contributed by atoms with Crippen LogP contribution >= 0.6 is 0 Å². The van der Waals surface area contributed by atoms with Gasteiger partial charge in [0.2, 0.25) is 0 Å². The van der Waals surface area contributed by atoms with Crippen molar-refractivity contribution in [2.45, 2.75) is 13.8 Å². The first kappa shape index (κ1) is 12.9. The summed E-state index contributed by atoms with van der Waals surface area (Å²) in [5, 5.41) is 8.70. The Morgan fingerprint density at radius 2 is 1.83 bits per heavy atom. The molecule has 0 spiro atoms. The second-order valence-corrected chi connectivity index (χ2v) is 5.20. The van der Waals surface area contributed by atoms with Crippen LogP contribution in [0.1, 0.15) is 19.4 Å². The second-order valence-electron chi connectivity index (χ2n) is 5.20. The van der Waals surface area contributed by atoms with Crippen molar-refractivity contribution >= 4 is 0 Å². The molecular weight excluding hydrogens is 224 g/mol. The van der Waals surface area contributed by atoms with Gasteiger partial charge in [0.1, 0.15) is 12.4 Å². The summed E-state index contributed by atoms with van der Waals surface area (Å²) < 4.78 is 5.69. The van der Waals surface area contributed by atoms with Crippen LogP contribution in [-0.4, -0.2) is 31.1 Å². The molecule has 1 aromatic rings. The topological polar surface area (TPSA) is 36.3 Å². The average Bonchev–Trinajstić information content (AvgIpc) is 2.69. The van der Waals surface area contributed by atoms with Gasteiger partial charge >= 0.3 is 0 Å². The smallest absolute Gasteiger partial charge is 0.119 e. The first-order valence-electron chi connectivity index (χ1n) is 6.54. The standard InChI is InChI=1S/C15H20N2O/c1-12-10-17(11-13(12)2)7-8-18-15-5-3-14(9-16)4-6-15/h3-6,12-13H,7-8,10-11H2,1-2H3. The molecule has 2 rings (SSSR count). The first-order chi connectivity index (χ1) is 8.69. The Labute approximate surface area is 109 Å². The van der Waals surface area contributed by atoms with Crippen molar-refractivity contribution in [1.29, 1.82) is 5.26 Å². The molecule has 0 N–H and O–H groups in total. The normalized spacial score (nSPS) is 23.8. The molecule has 3 heteroatoms. The van der Waals surface area contributed by atoms with Crippen LogP contribution < -0.4 is 4.74 Å². The van der Waals surface area contributed by atoms with E-state index in [9.17, 15) is 0 Å². The first-order valence-corrected chi connectivity index (χ1v) is 6.54. The molecule has 3 nitrogen and oxygen atoms in total. The van der Waals surface area contributed by atoms with Crippen molar-refractivity contribution in [3.8, 4) is 11.8 Å². The van der Waals surface area contributed by atoms with Gasteiger partial charge in [-0.2, -0.15) is 5.26 Å². The summed E-state index contributed by atoms with van der Waals surface area (Å²) in [6.07, 6.45) is 0. The van der Waals surface area contributed by atoms with Gasteiger partial charge in [0, 0.05) is 19.6 Å². The summed E-state index contributed by atoms with van der Waals surface area (Å²) in [7, 11) is 0. The van der Waals surface area contributed by atoms with Gasteiger partial charge < -0.3 is 4.74 Å². The third-order valence-electron chi connectivity index (χ3n) is 3.72. The number of likely N-dealkylation sites (tertiary alicyclic amines) is 1. The lowest BCUT2D eigenvalue weighted by Gasteiger charge is -2.15. The van der Waals surface area contributed by atoms with Crippen LogP contribution in [0.3, 0.4) is 0 Å². The number of rotatable bonds is 4. The highest BCUT2D eigenvalue weighted by atomic mass is 16.5. The van der Waals surface area contributed by atoms with E-state index >= 15 is 0 Å². The minimum Gasteiger partial charge on any atom is -0.492 e. The highest BCUT2D eigenvalue weighted by Gasteiger charge is 2.25. The van der Waals surface area contributed by atoms with Gasteiger partial charge in [-0.05, 0) is 36.1 Å². The van der Waals surface area contributed by atoms with Crippen molar-refractivity contribution < 1.29 is 4.74 Å². The molecule has 1 saturated heterocycles. The number of ether oxygens (including phenoxy) is 1. The van der Waals surface area contributed by atoms with Gasteiger partial charge in [-0.3, -0.25) is 4.90 Å². The predicted octanol–water partition coefficient (Wildman–Crippen LogP) is 2.52. The maximum atomic E-state index is 8.70. The van der Waals surface area contributed by atoms with Gasteiger partial charge in [0.05, 0.1) is 11.6 Å². The van der Waals surface area contributed by atoms with Crippen molar-refractivity contribution in [1.82, 2.24) is 4.90 Å². The summed E-state index contributed by atoms with van der Waals surface area (Å²) in [5.41, 5.74) is 0.671. The summed E-state index contributed by atoms with van der Waals surface area (Å²) in [4.78, 5) is 2.46. The molecule has 2 unspecified atom stereocenters. The Morgan fingerprint density at radius 3 is 2.39 bits per heavy atom. The summed E-state index contributed by atoms with van der Waals surface area (Å²) >= 11 is 0. The van der Waals surface area contributed by atoms with Gasteiger partial charge in [-0.15, -0.1) is 0 Å². The molecule has 0 saturated carbocycles. The SMILES string of the molecule is CC1CN(CCOc2ccc(C#N)cc2)CC1C. The Kier molecular flexibility index (Phi) is 4.22. The van der Waals surface area contributed by atoms with Gasteiger partial charge in [-0.25, -0.2) is 0 Å². The Bertz CT molecular complexity index is 411. The van der Waals surface area contributed by atoms with Crippen LogP contribution in [0.2, 0.25) is 0 Å². The van der Waals surface area contributed by atoms with E-state index in [-0.39, 0.29) is 0 Å².